The molecule has 0 aliphatic rings. The first kappa shape index (κ1) is 18.0. The van der Waals surface area contributed by atoms with Crippen LogP contribution >= 0.6 is 0 Å². The van der Waals surface area contributed by atoms with Crippen molar-refractivity contribution in [1.82, 2.24) is 0 Å². The molecule has 0 fully saturated rings. The molecular formula is C16H34BF. The Hall–Kier alpha value is -0.00506. The van der Waals surface area contributed by atoms with Crippen molar-refractivity contribution in [2.24, 2.45) is 0 Å². The molecule has 0 amide bonds. The largest absolute Gasteiger partial charge is 0.341 e. The normalized spacial score (nSPS) is 12.6. The maximum absolute atomic E-state index is 12.9. The predicted molar refractivity (Wildman–Crippen MR) is 83.4 cm³/mol. The molecule has 0 heterocycles. The highest BCUT2D eigenvalue weighted by atomic mass is 19.1. The van der Waals surface area contributed by atoms with E-state index in [-0.39, 0.29) is 7.56 Å². The summed E-state index contributed by atoms with van der Waals surface area (Å²) in [5.41, 5.74) is 0. The second kappa shape index (κ2) is 15.1. The Kier molecular flexibility index (Phi) is 15.0. The molecule has 0 spiro atoms. The van der Waals surface area contributed by atoms with Crippen LogP contribution in [0.2, 0.25) is 5.82 Å². The van der Waals surface area contributed by atoms with Crippen LogP contribution in [0, 0.1) is 0 Å². The van der Waals surface area contributed by atoms with Crippen LogP contribution < -0.4 is 0 Å². The summed E-state index contributed by atoms with van der Waals surface area (Å²) in [6, 6.07) is 0. The van der Waals surface area contributed by atoms with Gasteiger partial charge in [-0.3, -0.25) is 0 Å². The van der Waals surface area contributed by atoms with Crippen LogP contribution in [0.3, 0.4) is 0 Å². The van der Waals surface area contributed by atoms with Crippen molar-refractivity contribution in [3.05, 3.63) is 0 Å². The number of halogens is 1. The standard InChI is InChI=1S/C16H34BF/c1-3-5-7-9-11-13-15-16(17-18)14-12-10-8-6-4-2/h16-17H,3-15H2,1-2H3. The quantitative estimate of drug-likeness (QED) is 0.256. The van der Waals surface area contributed by atoms with Gasteiger partial charge in [-0.15, -0.1) is 0 Å². The molecule has 0 aliphatic carbocycles. The van der Waals surface area contributed by atoms with Crippen LogP contribution in [0.15, 0.2) is 0 Å². The topological polar surface area (TPSA) is 0 Å². The van der Waals surface area contributed by atoms with Gasteiger partial charge in [0.05, 0.1) is 0 Å². The summed E-state index contributed by atoms with van der Waals surface area (Å²) in [4.78, 5) is 0. The Labute approximate surface area is 115 Å². The van der Waals surface area contributed by atoms with Gasteiger partial charge in [-0.25, -0.2) is 0 Å². The minimum absolute atomic E-state index is 0.0945. The monoisotopic (exact) mass is 256 g/mol. The highest BCUT2D eigenvalue weighted by Crippen LogP contribution is 2.23. The van der Waals surface area contributed by atoms with E-state index in [1.54, 1.807) is 0 Å². The maximum Gasteiger partial charge on any atom is 0.334 e. The molecule has 0 saturated heterocycles. The zero-order valence-corrected chi connectivity index (χ0v) is 12.9. The summed E-state index contributed by atoms with van der Waals surface area (Å²) in [5, 5.41) is 0. The maximum atomic E-state index is 12.9. The molecule has 0 rings (SSSR count). The number of unbranched alkanes of at least 4 members (excludes halogenated alkanes) is 9. The van der Waals surface area contributed by atoms with Crippen LogP contribution in [-0.4, -0.2) is 7.56 Å². The Morgan fingerprint density at radius 3 is 1.44 bits per heavy atom. The van der Waals surface area contributed by atoms with E-state index < -0.39 is 0 Å². The van der Waals surface area contributed by atoms with E-state index in [9.17, 15) is 4.32 Å². The van der Waals surface area contributed by atoms with Crippen LogP contribution in [0.25, 0.3) is 0 Å². The summed E-state index contributed by atoms with van der Waals surface area (Å²) in [5.74, 6) is 0.359. The fraction of sp³-hybridized carbons (Fsp3) is 1.00. The van der Waals surface area contributed by atoms with Crippen LogP contribution in [0.5, 0.6) is 0 Å². The highest BCUT2D eigenvalue weighted by molar-refractivity contribution is 6.28. The summed E-state index contributed by atoms with van der Waals surface area (Å²) >= 11 is 0. The lowest BCUT2D eigenvalue weighted by molar-refractivity contribution is 0.526. The van der Waals surface area contributed by atoms with Crippen molar-refractivity contribution in [2.45, 2.75) is 103 Å². The van der Waals surface area contributed by atoms with Gasteiger partial charge in [0.1, 0.15) is 0 Å². The van der Waals surface area contributed by atoms with Gasteiger partial charge in [-0.1, -0.05) is 97.3 Å². The van der Waals surface area contributed by atoms with Crippen LogP contribution in [0.4, 0.5) is 4.32 Å². The molecule has 0 aromatic rings. The Morgan fingerprint density at radius 2 is 1.06 bits per heavy atom. The molecular weight excluding hydrogens is 222 g/mol. The Balaban J connectivity index is 3.29. The van der Waals surface area contributed by atoms with Gasteiger partial charge in [0.2, 0.25) is 0 Å². The third-order valence-corrected chi connectivity index (χ3v) is 3.90. The van der Waals surface area contributed by atoms with Gasteiger partial charge >= 0.3 is 7.56 Å². The van der Waals surface area contributed by atoms with Crippen molar-refractivity contribution in [3.8, 4) is 0 Å². The summed E-state index contributed by atoms with van der Waals surface area (Å²) in [7, 11) is -0.0945. The van der Waals surface area contributed by atoms with E-state index in [1.807, 2.05) is 0 Å². The van der Waals surface area contributed by atoms with Gasteiger partial charge in [-0.05, 0) is 5.82 Å². The molecule has 0 N–H and O–H groups in total. The molecule has 0 saturated carbocycles. The van der Waals surface area contributed by atoms with Gasteiger partial charge in [0, 0.05) is 0 Å². The second-order valence-corrected chi connectivity index (χ2v) is 5.78. The van der Waals surface area contributed by atoms with Gasteiger partial charge in [-0.2, -0.15) is 0 Å². The van der Waals surface area contributed by atoms with Crippen LogP contribution in [-0.2, 0) is 0 Å². The van der Waals surface area contributed by atoms with E-state index in [0.717, 1.165) is 12.8 Å². The minimum atomic E-state index is -0.0945. The number of hydrogen-bond acceptors (Lipinski definition) is 0. The van der Waals surface area contributed by atoms with Gasteiger partial charge < -0.3 is 4.32 Å². The molecule has 1 atom stereocenters. The molecule has 0 aliphatic heterocycles. The zero-order chi connectivity index (χ0) is 13.5. The number of hydrogen-bond donors (Lipinski definition) is 0. The summed E-state index contributed by atoms with van der Waals surface area (Å²) in [6.45, 7) is 4.49. The highest BCUT2D eigenvalue weighted by Gasteiger charge is 2.09. The number of rotatable bonds is 14. The van der Waals surface area contributed by atoms with Crippen molar-refractivity contribution >= 4 is 7.56 Å². The second-order valence-electron chi connectivity index (χ2n) is 5.78. The lowest BCUT2D eigenvalue weighted by atomic mass is 9.75. The molecule has 1 unspecified atom stereocenters. The molecule has 0 nitrogen and oxygen atoms in total. The Bertz CT molecular complexity index is 150. The first-order valence-corrected chi connectivity index (χ1v) is 8.41. The average Bonchev–Trinajstić information content (AvgIpc) is 2.40. The van der Waals surface area contributed by atoms with E-state index in [4.69, 9.17) is 0 Å². The van der Waals surface area contributed by atoms with Crippen molar-refractivity contribution in [3.63, 3.8) is 0 Å². The molecule has 18 heavy (non-hydrogen) atoms. The third-order valence-electron chi connectivity index (χ3n) is 3.90. The van der Waals surface area contributed by atoms with Crippen molar-refractivity contribution in [2.75, 3.05) is 0 Å². The lowest BCUT2D eigenvalue weighted by Crippen LogP contribution is -1.99. The summed E-state index contributed by atoms with van der Waals surface area (Å²) in [6.07, 6.45) is 16.7. The Morgan fingerprint density at radius 1 is 0.667 bits per heavy atom. The van der Waals surface area contributed by atoms with E-state index >= 15 is 0 Å². The molecule has 0 aromatic carbocycles. The first-order chi connectivity index (χ1) is 8.85. The zero-order valence-electron chi connectivity index (χ0n) is 12.9. The molecule has 0 bridgehead atoms. The third kappa shape index (κ3) is 12.5. The van der Waals surface area contributed by atoms with Crippen molar-refractivity contribution in [1.29, 1.82) is 0 Å². The molecule has 0 aromatic heterocycles. The average molecular weight is 256 g/mol. The van der Waals surface area contributed by atoms with E-state index in [0.29, 0.717) is 5.82 Å². The molecule has 108 valence electrons. The van der Waals surface area contributed by atoms with Crippen LogP contribution in [0.1, 0.15) is 97.3 Å². The lowest BCUT2D eigenvalue weighted by Gasteiger charge is -2.11. The SMILES string of the molecule is CCCCCCCCC(BF)CCCCCCC. The fourth-order valence-corrected chi connectivity index (χ4v) is 2.55. The van der Waals surface area contributed by atoms with Crippen molar-refractivity contribution < 1.29 is 4.32 Å². The van der Waals surface area contributed by atoms with E-state index in [2.05, 4.69) is 13.8 Å². The molecule has 0 radical (unpaired) electrons. The fourth-order valence-electron chi connectivity index (χ4n) is 2.55. The smallest absolute Gasteiger partial charge is 0.334 e. The van der Waals surface area contributed by atoms with Gasteiger partial charge in [0.15, 0.2) is 0 Å². The minimum Gasteiger partial charge on any atom is -0.341 e. The summed E-state index contributed by atoms with van der Waals surface area (Å²) < 4.78 is 12.9. The van der Waals surface area contributed by atoms with E-state index in [1.165, 1.54) is 70.6 Å². The molecule has 2 heteroatoms. The predicted octanol–water partition coefficient (Wildman–Crippen LogP) is 6.21. The first-order valence-electron chi connectivity index (χ1n) is 8.41. The van der Waals surface area contributed by atoms with Gasteiger partial charge in [0.25, 0.3) is 0 Å².